The summed E-state index contributed by atoms with van der Waals surface area (Å²) in [6.07, 6.45) is 0.488. The van der Waals surface area contributed by atoms with Gasteiger partial charge in [-0.3, -0.25) is 9.69 Å². The maximum Gasteiger partial charge on any atom is 0.251 e. The van der Waals surface area contributed by atoms with E-state index < -0.39 is 0 Å². The Kier molecular flexibility index (Phi) is 6.30. The molecule has 1 aliphatic heterocycles. The highest BCUT2D eigenvalue weighted by Crippen LogP contribution is 2.17. The first-order chi connectivity index (χ1) is 12.5. The van der Waals surface area contributed by atoms with Gasteiger partial charge in [-0.05, 0) is 43.2 Å². The molecule has 26 heavy (non-hydrogen) atoms. The molecule has 0 saturated carbocycles. The molecule has 2 aromatic carbocycles. The second-order valence-electron chi connectivity index (χ2n) is 6.91. The molecule has 1 amide bonds. The van der Waals surface area contributed by atoms with Crippen LogP contribution in [0.2, 0.25) is 5.02 Å². The summed E-state index contributed by atoms with van der Waals surface area (Å²) >= 11 is 5.97. The Bertz CT molecular complexity index is 755. The number of hydrogen-bond acceptors (Lipinski definition) is 3. The van der Waals surface area contributed by atoms with Crippen LogP contribution in [0.4, 0.5) is 0 Å². The lowest BCUT2D eigenvalue weighted by atomic mass is 10.1. The van der Waals surface area contributed by atoms with Crippen molar-refractivity contribution in [3.05, 3.63) is 70.2 Å². The van der Waals surface area contributed by atoms with Crippen LogP contribution < -0.4 is 5.32 Å². The zero-order valence-corrected chi connectivity index (χ0v) is 16.0. The van der Waals surface area contributed by atoms with Crippen molar-refractivity contribution in [1.82, 2.24) is 10.2 Å². The molecule has 3 rings (SSSR count). The van der Waals surface area contributed by atoms with Gasteiger partial charge in [0.2, 0.25) is 0 Å². The lowest BCUT2D eigenvalue weighted by Gasteiger charge is -2.35. The lowest BCUT2D eigenvalue weighted by Crippen LogP contribution is -2.45. The van der Waals surface area contributed by atoms with Gasteiger partial charge in [0.25, 0.3) is 5.91 Å². The zero-order chi connectivity index (χ0) is 18.5. The Morgan fingerprint density at radius 1 is 1.12 bits per heavy atom. The number of hydrogen-bond donors (Lipinski definition) is 1. The average Bonchev–Trinajstić information content (AvgIpc) is 2.60. The van der Waals surface area contributed by atoms with Crippen molar-refractivity contribution in [2.75, 3.05) is 13.1 Å². The van der Waals surface area contributed by atoms with Crippen LogP contribution in [0.25, 0.3) is 0 Å². The van der Waals surface area contributed by atoms with Gasteiger partial charge in [-0.2, -0.15) is 0 Å². The standard InChI is InChI=1S/C21H25ClN2O2/c1-15-12-24(13-16(2)26-15)14-19-7-4-3-6-18(19)11-23-21(25)17-8-5-9-20(22)10-17/h3-10,15-16H,11-14H2,1-2H3,(H,23,25). The molecule has 0 aromatic heterocycles. The quantitative estimate of drug-likeness (QED) is 0.866. The molecule has 5 heteroatoms. The van der Waals surface area contributed by atoms with Crippen LogP contribution in [0, 0.1) is 0 Å². The van der Waals surface area contributed by atoms with Gasteiger partial charge >= 0.3 is 0 Å². The van der Waals surface area contributed by atoms with Crippen molar-refractivity contribution in [1.29, 1.82) is 0 Å². The van der Waals surface area contributed by atoms with Crippen molar-refractivity contribution >= 4 is 17.5 Å². The highest BCUT2D eigenvalue weighted by molar-refractivity contribution is 6.30. The van der Waals surface area contributed by atoms with Gasteiger partial charge < -0.3 is 10.1 Å². The molecule has 138 valence electrons. The van der Waals surface area contributed by atoms with Gasteiger partial charge in [-0.1, -0.05) is 41.9 Å². The minimum absolute atomic E-state index is 0.115. The number of benzene rings is 2. The third-order valence-corrected chi connectivity index (χ3v) is 4.77. The first-order valence-corrected chi connectivity index (χ1v) is 9.37. The Hall–Kier alpha value is -1.88. The number of rotatable bonds is 5. The largest absolute Gasteiger partial charge is 0.373 e. The van der Waals surface area contributed by atoms with E-state index in [2.05, 4.69) is 36.2 Å². The summed E-state index contributed by atoms with van der Waals surface area (Å²) in [7, 11) is 0. The number of carbonyl (C=O) groups is 1. The Morgan fingerprint density at radius 3 is 2.50 bits per heavy atom. The molecule has 1 fully saturated rings. The molecule has 0 bridgehead atoms. The number of ether oxygens (including phenoxy) is 1. The summed E-state index contributed by atoms with van der Waals surface area (Å²) in [6.45, 7) is 7.43. The molecule has 0 spiro atoms. The molecular formula is C21H25ClN2O2. The summed E-state index contributed by atoms with van der Waals surface area (Å²) in [5, 5.41) is 3.56. The normalized spacial score (nSPS) is 20.7. The van der Waals surface area contributed by atoms with Crippen LogP contribution in [0.15, 0.2) is 48.5 Å². The fourth-order valence-electron chi connectivity index (χ4n) is 3.45. The maximum atomic E-state index is 12.4. The Balaban J connectivity index is 1.64. The molecule has 1 saturated heterocycles. The van der Waals surface area contributed by atoms with Gasteiger partial charge in [-0.15, -0.1) is 0 Å². The van der Waals surface area contributed by atoms with E-state index >= 15 is 0 Å². The summed E-state index contributed by atoms with van der Waals surface area (Å²) in [6, 6.07) is 15.2. The fourth-order valence-corrected chi connectivity index (χ4v) is 3.64. The second kappa shape index (κ2) is 8.67. The van der Waals surface area contributed by atoms with Crippen molar-refractivity contribution < 1.29 is 9.53 Å². The van der Waals surface area contributed by atoms with E-state index in [1.807, 2.05) is 12.1 Å². The van der Waals surface area contributed by atoms with Gasteiger partial charge in [0.05, 0.1) is 12.2 Å². The molecule has 0 aliphatic carbocycles. The number of amides is 1. The summed E-state index contributed by atoms with van der Waals surface area (Å²) < 4.78 is 5.81. The molecule has 1 heterocycles. The fraction of sp³-hybridized carbons (Fsp3) is 0.381. The van der Waals surface area contributed by atoms with Crippen LogP contribution in [0.5, 0.6) is 0 Å². The van der Waals surface area contributed by atoms with Crippen LogP contribution >= 0.6 is 11.6 Å². The predicted octanol–water partition coefficient (Wildman–Crippen LogP) is 3.88. The molecule has 2 aromatic rings. The average molecular weight is 373 g/mol. The van der Waals surface area contributed by atoms with E-state index in [4.69, 9.17) is 16.3 Å². The number of halogens is 1. The first kappa shape index (κ1) is 18.9. The minimum Gasteiger partial charge on any atom is -0.373 e. The molecule has 1 N–H and O–H groups in total. The zero-order valence-electron chi connectivity index (χ0n) is 15.2. The van der Waals surface area contributed by atoms with Crippen LogP contribution in [-0.4, -0.2) is 36.1 Å². The highest BCUT2D eigenvalue weighted by Gasteiger charge is 2.22. The second-order valence-corrected chi connectivity index (χ2v) is 7.35. The van der Waals surface area contributed by atoms with Crippen molar-refractivity contribution in [2.24, 2.45) is 0 Å². The van der Waals surface area contributed by atoms with Crippen LogP contribution in [-0.2, 0) is 17.8 Å². The van der Waals surface area contributed by atoms with Crippen LogP contribution in [0.1, 0.15) is 35.3 Å². The Labute approximate surface area is 160 Å². The smallest absolute Gasteiger partial charge is 0.251 e. The van der Waals surface area contributed by atoms with Crippen molar-refractivity contribution in [3.8, 4) is 0 Å². The molecule has 0 radical (unpaired) electrons. The van der Waals surface area contributed by atoms with Gasteiger partial charge in [0.15, 0.2) is 0 Å². The van der Waals surface area contributed by atoms with E-state index in [0.717, 1.165) is 25.2 Å². The van der Waals surface area contributed by atoms with Gasteiger partial charge in [0.1, 0.15) is 0 Å². The van der Waals surface area contributed by atoms with E-state index in [1.54, 1.807) is 24.3 Å². The molecule has 2 unspecified atom stereocenters. The van der Waals surface area contributed by atoms with Crippen molar-refractivity contribution in [2.45, 2.75) is 39.1 Å². The Morgan fingerprint density at radius 2 is 1.81 bits per heavy atom. The number of carbonyl (C=O) groups excluding carboxylic acids is 1. The maximum absolute atomic E-state index is 12.4. The van der Waals surface area contributed by atoms with E-state index in [1.165, 1.54) is 5.56 Å². The topological polar surface area (TPSA) is 41.6 Å². The van der Waals surface area contributed by atoms with E-state index in [9.17, 15) is 4.79 Å². The molecular weight excluding hydrogens is 348 g/mol. The summed E-state index contributed by atoms with van der Waals surface area (Å²) in [4.78, 5) is 14.8. The molecule has 4 nitrogen and oxygen atoms in total. The third kappa shape index (κ3) is 5.07. The monoisotopic (exact) mass is 372 g/mol. The lowest BCUT2D eigenvalue weighted by molar-refractivity contribution is -0.0705. The minimum atomic E-state index is -0.115. The summed E-state index contributed by atoms with van der Waals surface area (Å²) in [5.74, 6) is -0.115. The highest BCUT2D eigenvalue weighted by atomic mass is 35.5. The predicted molar refractivity (Wildman–Crippen MR) is 104 cm³/mol. The van der Waals surface area contributed by atoms with Gasteiger partial charge in [-0.25, -0.2) is 0 Å². The molecule has 2 atom stereocenters. The van der Waals surface area contributed by atoms with Gasteiger partial charge in [0, 0.05) is 36.8 Å². The van der Waals surface area contributed by atoms with Crippen LogP contribution in [0.3, 0.4) is 0 Å². The number of nitrogens with zero attached hydrogens (tertiary/aromatic N) is 1. The third-order valence-electron chi connectivity index (χ3n) is 4.53. The summed E-state index contributed by atoms with van der Waals surface area (Å²) in [5.41, 5.74) is 2.95. The molecule has 1 aliphatic rings. The number of nitrogens with one attached hydrogen (secondary N) is 1. The van der Waals surface area contributed by atoms with E-state index in [-0.39, 0.29) is 18.1 Å². The first-order valence-electron chi connectivity index (χ1n) is 8.99. The SMILES string of the molecule is CC1CN(Cc2ccccc2CNC(=O)c2cccc(Cl)c2)CC(C)O1. The number of morpholine rings is 1. The van der Waals surface area contributed by atoms with E-state index in [0.29, 0.717) is 17.1 Å². The van der Waals surface area contributed by atoms with Crippen molar-refractivity contribution in [3.63, 3.8) is 0 Å².